The first-order valence-electron chi connectivity index (χ1n) is 8.14. The van der Waals surface area contributed by atoms with E-state index in [0.717, 1.165) is 29.1 Å². The van der Waals surface area contributed by atoms with Crippen LogP contribution in [0.15, 0.2) is 30.3 Å². The molecule has 2 rings (SSSR count). The summed E-state index contributed by atoms with van der Waals surface area (Å²) < 4.78 is 47.7. The molecule has 0 bridgehead atoms. The van der Waals surface area contributed by atoms with E-state index in [1.165, 1.54) is 11.3 Å². The minimum absolute atomic E-state index is 0.129. The maximum atomic E-state index is 12.5. The second kappa shape index (κ2) is 8.90. The summed E-state index contributed by atoms with van der Waals surface area (Å²) in [4.78, 5) is 25.0. The number of anilines is 1. The number of ether oxygens (including phenoxy) is 2. The molecule has 146 valence electrons. The van der Waals surface area contributed by atoms with Crippen molar-refractivity contribution in [2.75, 3.05) is 18.5 Å². The Bertz CT molecular complexity index is 800. The van der Waals surface area contributed by atoms with Gasteiger partial charge in [0, 0.05) is 4.88 Å². The molecule has 1 heterocycles. The SMILES string of the molecule is CCOC(=O)c1cc(CC)sc1NC(=O)COc1ccc(C(F)(F)F)cc1. The number of esters is 1. The first kappa shape index (κ1) is 20.8. The van der Waals surface area contributed by atoms with Gasteiger partial charge in [0.25, 0.3) is 5.91 Å². The lowest BCUT2D eigenvalue weighted by Gasteiger charge is -2.09. The molecule has 0 atom stereocenters. The number of carbonyl (C=O) groups excluding carboxylic acids is 2. The number of nitrogens with one attached hydrogen (secondary N) is 1. The fourth-order valence-corrected chi connectivity index (χ4v) is 3.12. The normalized spacial score (nSPS) is 11.1. The lowest BCUT2D eigenvalue weighted by Crippen LogP contribution is -2.21. The molecule has 1 aromatic heterocycles. The number of hydrogen-bond acceptors (Lipinski definition) is 5. The Hall–Kier alpha value is -2.55. The second-order valence-corrected chi connectivity index (χ2v) is 6.53. The molecule has 0 saturated carbocycles. The van der Waals surface area contributed by atoms with Crippen LogP contribution in [0.1, 0.15) is 34.6 Å². The van der Waals surface area contributed by atoms with Crippen molar-refractivity contribution in [3.05, 3.63) is 46.3 Å². The molecule has 9 heteroatoms. The third-order valence-electron chi connectivity index (χ3n) is 3.43. The van der Waals surface area contributed by atoms with Crippen LogP contribution < -0.4 is 10.1 Å². The van der Waals surface area contributed by atoms with Crippen molar-refractivity contribution in [3.63, 3.8) is 0 Å². The van der Waals surface area contributed by atoms with Crippen LogP contribution in [0.5, 0.6) is 5.75 Å². The van der Waals surface area contributed by atoms with Gasteiger partial charge in [0.15, 0.2) is 6.61 Å². The molecular weight excluding hydrogens is 383 g/mol. The maximum absolute atomic E-state index is 12.5. The highest BCUT2D eigenvalue weighted by Crippen LogP contribution is 2.31. The van der Waals surface area contributed by atoms with E-state index in [0.29, 0.717) is 11.4 Å². The molecule has 0 aliphatic carbocycles. The topological polar surface area (TPSA) is 64.6 Å². The maximum Gasteiger partial charge on any atom is 0.416 e. The summed E-state index contributed by atoms with van der Waals surface area (Å²) in [5, 5.41) is 2.94. The smallest absolute Gasteiger partial charge is 0.416 e. The van der Waals surface area contributed by atoms with E-state index in [-0.39, 0.29) is 17.9 Å². The molecule has 1 aromatic carbocycles. The number of halogens is 3. The minimum Gasteiger partial charge on any atom is -0.484 e. The van der Waals surface area contributed by atoms with Crippen LogP contribution in [0.3, 0.4) is 0 Å². The number of carbonyl (C=O) groups is 2. The van der Waals surface area contributed by atoms with Crippen molar-refractivity contribution >= 4 is 28.2 Å². The van der Waals surface area contributed by atoms with Crippen molar-refractivity contribution in [2.45, 2.75) is 26.4 Å². The van der Waals surface area contributed by atoms with E-state index in [4.69, 9.17) is 9.47 Å². The van der Waals surface area contributed by atoms with Crippen molar-refractivity contribution in [1.82, 2.24) is 0 Å². The predicted molar refractivity (Wildman–Crippen MR) is 95.2 cm³/mol. The summed E-state index contributed by atoms with van der Waals surface area (Å²) in [5.74, 6) is -0.943. The van der Waals surface area contributed by atoms with Crippen molar-refractivity contribution in [3.8, 4) is 5.75 Å². The zero-order valence-corrected chi connectivity index (χ0v) is 15.5. The van der Waals surface area contributed by atoms with Crippen LogP contribution in [-0.4, -0.2) is 25.1 Å². The number of thiophene rings is 1. The van der Waals surface area contributed by atoms with E-state index in [1.807, 2.05) is 6.92 Å². The van der Waals surface area contributed by atoms with Gasteiger partial charge in [-0.05, 0) is 43.7 Å². The molecule has 5 nitrogen and oxygen atoms in total. The number of alkyl halides is 3. The van der Waals surface area contributed by atoms with E-state index >= 15 is 0 Å². The Morgan fingerprint density at radius 1 is 1.15 bits per heavy atom. The molecular formula is C18H18F3NO4S. The number of hydrogen-bond donors (Lipinski definition) is 1. The number of rotatable bonds is 7. The van der Waals surface area contributed by atoms with Crippen LogP contribution in [0.2, 0.25) is 0 Å². The summed E-state index contributed by atoms with van der Waals surface area (Å²) in [6, 6.07) is 5.69. The Labute approximate surface area is 158 Å². The summed E-state index contributed by atoms with van der Waals surface area (Å²) in [5.41, 5.74) is -0.536. The highest BCUT2D eigenvalue weighted by atomic mass is 32.1. The fraction of sp³-hybridized carbons (Fsp3) is 0.333. The van der Waals surface area contributed by atoms with E-state index in [9.17, 15) is 22.8 Å². The zero-order chi connectivity index (χ0) is 20.0. The van der Waals surface area contributed by atoms with Crippen LogP contribution in [0, 0.1) is 0 Å². The van der Waals surface area contributed by atoms with E-state index in [2.05, 4.69) is 5.32 Å². The third kappa shape index (κ3) is 5.72. The average Bonchev–Trinajstić information content (AvgIpc) is 3.03. The van der Waals surface area contributed by atoms with Crippen LogP contribution in [0.25, 0.3) is 0 Å². The van der Waals surface area contributed by atoms with E-state index in [1.54, 1.807) is 13.0 Å². The molecule has 0 unspecified atom stereocenters. The van der Waals surface area contributed by atoms with Gasteiger partial charge < -0.3 is 14.8 Å². The monoisotopic (exact) mass is 401 g/mol. The Morgan fingerprint density at radius 3 is 2.37 bits per heavy atom. The Morgan fingerprint density at radius 2 is 1.81 bits per heavy atom. The molecule has 27 heavy (non-hydrogen) atoms. The number of benzene rings is 1. The summed E-state index contributed by atoms with van der Waals surface area (Å²) in [6.07, 6.45) is -3.75. The summed E-state index contributed by atoms with van der Waals surface area (Å²) in [7, 11) is 0. The minimum atomic E-state index is -4.43. The number of aryl methyl sites for hydroxylation is 1. The van der Waals surface area contributed by atoms with E-state index < -0.39 is 30.2 Å². The van der Waals surface area contributed by atoms with Crippen molar-refractivity contribution in [2.24, 2.45) is 0 Å². The fourth-order valence-electron chi connectivity index (χ4n) is 2.12. The highest BCUT2D eigenvalue weighted by Gasteiger charge is 2.30. The third-order valence-corrected chi connectivity index (χ3v) is 4.63. The molecule has 1 amide bonds. The van der Waals surface area contributed by atoms with Gasteiger partial charge in [0.2, 0.25) is 0 Å². The van der Waals surface area contributed by atoms with Crippen LogP contribution >= 0.6 is 11.3 Å². The van der Waals surface area contributed by atoms with Gasteiger partial charge in [-0.3, -0.25) is 4.79 Å². The molecule has 0 aliphatic rings. The van der Waals surface area contributed by atoms with Gasteiger partial charge in [0.05, 0.1) is 17.7 Å². The average molecular weight is 401 g/mol. The van der Waals surface area contributed by atoms with Gasteiger partial charge >= 0.3 is 12.1 Å². The van der Waals surface area contributed by atoms with Gasteiger partial charge in [0.1, 0.15) is 10.8 Å². The summed E-state index contributed by atoms with van der Waals surface area (Å²) >= 11 is 1.26. The molecule has 0 spiro atoms. The molecule has 0 aliphatic heterocycles. The number of amides is 1. The van der Waals surface area contributed by atoms with Crippen LogP contribution in [-0.2, 0) is 22.1 Å². The van der Waals surface area contributed by atoms with Gasteiger partial charge in [-0.25, -0.2) is 4.79 Å². The van der Waals surface area contributed by atoms with Gasteiger partial charge in [-0.2, -0.15) is 13.2 Å². The Kier molecular flexibility index (Phi) is 6.84. The molecule has 0 saturated heterocycles. The summed E-state index contributed by atoms with van der Waals surface area (Å²) in [6.45, 7) is 3.40. The first-order valence-corrected chi connectivity index (χ1v) is 8.96. The quantitative estimate of drug-likeness (QED) is 0.693. The molecule has 0 fully saturated rings. The second-order valence-electron chi connectivity index (χ2n) is 5.39. The highest BCUT2D eigenvalue weighted by molar-refractivity contribution is 7.16. The lowest BCUT2D eigenvalue weighted by atomic mass is 10.2. The molecule has 1 N–H and O–H groups in total. The molecule has 0 radical (unpaired) electrons. The van der Waals surface area contributed by atoms with Crippen LogP contribution in [0.4, 0.5) is 18.2 Å². The Balaban J connectivity index is 1.99. The zero-order valence-electron chi connectivity index (χ0n) is 14.7. The predicted octanol–water partition coefficient (Wildman–Crippen LogP) is 4.52. The standard InChI is InChI=1S/C18H18F3NO4S/c1-3-13-9-14(17(24)25-4-2)16(27-13)22-15(23)10-26-12-7-5-11(6-8-12)18(19,20)21/h5-9H,3-4,10H2,1-2H3,(H,22,23). The van der Waals surface area contributed by atoms with Gasteiger partial charge in [-0.15, -0.1) is 11.3 Å². The van der Waals surface area contributed by atoms with Crippen molar-refractivity contribution in [1.29, 1.82) is 0 Å². The first-order chi connectivity index (χ1) is 12.7. The van der Waals surface area contributed by atoms with Crippen molar-refractivity contribution < 1.29 is 32.2 Å². The van der Waals surface area contributed by atoms with Gasteiger partial charge in [-0.1, -0.05) is 6.92 Å². The lowest BCUT2D eigenvalue weighted by molar-refractivity contribution is -0.137. The largest absolute Gasteiger partial charge is 0.484 e. The molecule has 2 aromatic rings.